The number of likely N-dealkylation sites (N-methyl/N-ethyl adjacent to an activating group) is 1. The Hall–Kier alpha value is -1.60. The predicted octanol–water partition coefficient (Wildman–Crippen LogP) is 3.14. The minimum absolute atomic E-state index is 0.0199. The number of benzene rings is 1. The van der Waals surface area contributed by atoms with Crippen molar-refractivity contribution in [3.8, 4) is 0 Å². The number of carbonyl (C=O) groups excluding carboxylic acids is 1. The molecular formula is C16H21F3N2O2. The van der Waals surface area contributed by atoms with Crippen LogP contribution < -0.4 is 5.32 Å². The lowest BCUT2D eigenvalue weighted by molar-refractivity contribution is -0.137. The zero-order valence-corrected chi connectivity index (χ0v) is 13.0. The van der Waals surface area contributed by atoms with E-state index >= 15 is 0 Å². The molecule has 0 aliphatic carbocycles. The van der Waals surface area contributed by atoms with Crippen LogP contribution in [0.1, 0.15) is 24.8 Å². The Bertz CT molecular complexity index is 528. The third-order valence-electron chi connectivity index (χ3n) is 3.71. The molecule has 1 aromatic rings. The Morgan fingerprint density at radius 3 is 2.74 bits per heavy atom. The average molecular weight is 330 g/mol. The summed E-state index contributed by atoms with van der Waals surface area (Å²) < 4.78 is 44.3. The first kappa shape index (κ1) is 17.7. The largest absolute Gasteiger partial charge is 0.418 e. The van der Waals surface area contributed by atoms with Crippen molar-refractivity contribution in [2.45, 2.75) is 31.5 Å². The van der Waals surface area contributed by atoms with Gasteiger partial charge in [-0.1, -0.05) is 12.1 Å². The monoisotopic (exact) mass is 330 g/mol. The number of ether oxygens (including phenoxy) is 1. The first-order valence-electron chi connectivity index (χ1n) is 7.62. The molecule has 23 heavy (non-hydrogen) atoms. The van der Waals surface area contributed by atoms with Crippen LogP contribution in [0, 0.1) is 0 Å². The fourth-order valence-electron chi connectivity index (χ4n) is 2.64. The quantitative estimate of drug-likeness (QED) is 0.902. The number of nitrogens with one attached hydrogen (secondary N) is 1. The normalized spacial score (nSPS) is 18.9. The van der Waals surface area contributed by atoms with Crippen LogP contribution in [0.5, 0.6) is 0 Å². The van der Waals surface area contributed by atoms with E-state index < -0.39 is 17.6 Å². The van der Waals surface area contributed by atoms with Gasteiger partial charge in [-0.15, -0.1) is 0 Å². The third kappa shape index (κ3) is 5.51. The van der Waals surface area contributed by atoms with Crippen LogP contribution in [0.15, 0.2) is 24.3 Å². The van der Waals surface area contributed by atoms with Gasteiger partial charge in [0.15, 0.2) is 0 Å². The maximum Gasteiger partial charge on any atom is 0.418 e. The Morgan fingerprint density at radius 2 is 2.09 bits per heavy atom. The van der Waals surface area contributed by atoms with Crippen LogP contribution in [0.2, 0.25) is 0 Å². The molecule has 1 atom stereocenters. The maximum absolute atomic E-state index is 12.9. The molecule has 7 heteroatoms. The molecule has 1 fully saturated rings. The highest BCUT2D eigenvalue weighted by Crippen LogP contribution is 2.34. The summed E-state index contributed by atoms with van der Waals surface area (Å²) in [6.45, 7) is 1.34. The van der Waals surface area contributed by atoms with Crippen molar-refractivity contribution in [2.75, 3.05) is 32.1 Å². The molecular weight excluding hydrogens is 309 g/mol. The topological polar surface area (TPSA) is 41.6 Å². The van der Waals surface area contributed by atoms with Crippen molar-refractivity contribution in [3.63, 3.8) is 0 Å². The molecule has 0 bridgehead atoms. The van der Waals surface area contributed by atoms with Gasteiger partial charge in [0.1, 0.15) is 0 Å². The standard InChI is InChI=1S/C16H21F3N2O2/c1-21(10-12-6-4-5-9-23-12)11-15(22)20-14-8-3-2-7-13(14)16(17,18)19/h2-3,7-8,12H,4-6,9-11H2,1H3,(H,20,22). The Morgan fingerprint density at radius 1 is 1.35 bits per heavy atom. The van der Waals surface area contributed by atoms with Gasteiger partial charge in [0.05, 0.1) is 23.9 Å². The van der Waals surface area contributed by atoms with Gasteiger partial charge in [-0.25, -0.2) is 0 Å². The molecule has 0 spiro atoms. The summed E-state index contributed by atoms with van der Waals surface area (Å²) in [5.41, 5.74) is -1.06. The number of halogens is 3. The average Bonchev–Trinajstić information content (AvgIpc) is 2.47. The van der Waals surface area contributed by atoms with Gasteiger partial charge in [0.2, 0.25) is 5.91 Å². The summed E-state index contributed by atoms with van der Waals surface area (Å²) in [7, 11) is 1.76. The minimum Gasteiger partial charge on any atom is -0.377 e. The molecule has 1 aromatic carbocycles. The van der Waals surface area contributed by atoms with Gasteiger partial charge in [0.25, 0.3) is 0 Å². The second-order valence-electron chi connectivity index (χ2n) is 5.78. The summed E-state index contributed by atoms with van der Waals surface area (Å²) >= 11 is 0. The highest BCUT2D eigenvalue weighted by molar-refractivity contribution is 5.93. The maximum atomic E-state index is 12.9. The van der Waals surface area contributed by atoms with Gasteiger partial charge < -0.3 is 10.1 Å². The number of para-hydroxylation sites is 1. The molecule has 2 rings (SSSR count). The summed E-state index contributed by atoms with van der Waals surface area (Å²) in [6, 6.07) is 4.97. The van der Waals surface area contributed by atoms with Gasteiger partial charge >= 0.3 is 6.18 Å². The van der Waals surface area contributed by atoms with E-state index in [0.29, 0.717) is 6.54 Å². The van der Waals surface area contributed by atoms with Crippen LogP contribution in [-0.2, 0) is 15.7 Å². The van der Waals surface area contributed by atoms with E-state index in [4.69, 9.17) is 4.74 Å². The number of hydrogen-bond donors (Lipinski definition) is 1. The fourth-order valence-corrected chi connectivity index (χ4v) is 2.64. The Balaban J connectivity index is 1.89. The van der Waals surface area contributed by atoms with Crippen LogP contribution in [0.25, 0.3) is 0 Å². The van der Waals surface area contributed by atoms with E-state index in [-0.39, 0.29) is 18.3 Å². The molecule has 1 aliphatic heterocycles. The summed E-state index contributed by atoms with van der Waals surface area (Å²) in [4.78, 5) is 13.7. The van der Waals surface area contributed by atoms with E-state index in [1.807, 2.05) is 0 Å². The van der Waals surface area contributed by atoms with Crippen molar-refractivity contribution in [1.29, 1.82) is 0 Å². The number of carbonyl (C=O) groups is 1. The minimum atomic E-state index is -4.49. The number of nitrogens with zero attached hydrogens (tertiary/aromatic N) is 1. The number of amides is 1. The van der Waals surface area contributed by atoms with Crippen molar-refractivity contribution in [2.24, 2.45) is 0 Å². The SMILES string of the molecule is CN(CC(=O)Nc1ccccc1C(F)(F)F)CC1CCCCO1. The van der Waals surface area contributed by atoms with E-state index in [1.165, 1.54) is 18.2 Å². The van der Waals surface area contributed by atoms with Gasteiger partial charge in [-0.3, -0.25) is 9.69 Å². The second-order valence-corrected chi connectivity index (χ2v) is 5.78. The van der Waals surface area contributed by atoms with Crippen molar-refractivity contribution in [3.05, 3.63) is 29.8 Å². The molecule has 1 N–H and O–H groups in total. The predicted molar refractivity (Wildman–Crippen MR) is 81.2 cm³/mol. The van der Waals surface area contributed by atoms with Crippen molar-refractivity contribution >= 4 is 11.6 Å². The molecule has 0 saturated carbocycles. The number of alkyl halides is 3. The molecule has 0 radical (unpaired) electrons. The molecule has 128 valence electrons. The van der Waals surface area contributed by atoms with E-state index in [9.17, 15) is 18.0 Å². The lowest BCUT2D eigenvalue weighted by atomic mass is 10.1. The van der Waals surface area contributed by atoms with Gasteiger partial charge in [-0.2, -0.15) is 13.2 Å². The summed E-state index contributed by atoms with van der Waals surface area (Å²) in [5.74, 6) is -0.472. The highest BCUT2D eigenvalue weighted by Gasteiger charge is 2.33. The Kier molecular flexibility index (Phi) is 6.01. The molecule has 1 amide bonds. The number of hydrogen-bond acceptors (Lipinski definition) is 3. The second kappa shape index (κ2) is 7.79. The van der Waals surface area contributed by atoms with E-state index in [1.54, 1.807) is 11.9 Å². The lowest BCUT2D eigenvalue weighted by Crippen LogP contribution is -2.38. The summed E-state index contributed by atoms with van der Waals surface area (Å²) in [5, 5.41) is 2.34. The lowest BCUT2D eigenvalue weighted by Gasteiger charge is -2.27. The van der Waals surface area contributed by atoms with Crippen LogP contribution in [0.3, 0.4) is 0 Å². The van der Waals surface area contributed by atoms with Gasteiger partial charge in [-0.05, 0) is 38.4 Å². The number of anilines is 1. The van der Waals surface area contributed by atoms with Gasteiger partial charge in [0, 0.05) is 13.2 Å². The van der Waals surface area contributed by atoms with E-state index in [2.05, 4.69) is 5.32 Å². The molecule has 1 aliphatic rings. The third-order valence-corrected chi connectivity index (χ3v) is 3.71. The molecule has 1 heterocycles. The zero-order chi connectivity index (χ0) is 16.9. The summed E-state index contributed by atoms with van der Waals surface area (Å²) in [6.07, 6.45) is -1.31. The van der Waals surface area contributed by atoms with Crippen molar-refractivity contribution < 1.29 is 22.7 Å². The zero-order valence-electron chi connectivity index (χ0n) is 13.0. The van der Waals surface area contributed by atoms with Crippen LogP contribution >= 0.6 is 0 Å². The smallest absolute Gasteiger partial charge is 0.377 e. The molecule has 1 unspecified atom stereocenters. The van der Waals surface area contributed by atoms with Crippen molar-refractivity contribution in [1.82, 2.24) is 4.90 Å². The first-order chi connectivity index (χ1) is 10.9. The highest BCUT2D eigenvalue weighted by atomic mass is 19.4. The van der Waals surface area contributed by atoms with Crippen LogP contribution in [0.4, 0.5) is 18.9 Å². The molecule has 0 aromatic heterocycles. The number of rotatable bonds is 5. The fraction of sp³-hybridized carbons (Fsp3) is 0.562. The first-order valence-corrected chi connectivity index (χ1v) is 7.62. The molecule has 1 saturated heterocycles. The van der Waals surface area contributed by atoms with Crippen LogP contribution in [-0.4, -0.2) is 43.7 Å². The molecule has 4 nitrogen and oxygen atoms in total. The Labute approximate surface area is 133 Å². The van der Waals surface area contributed by atoms with E-state index in [0.717, 1.165) is 31.9 Å².